The van der Waals surface area contributed by atoms with Gasteiger partial charge in [0.25, 0.3) is 0 Å². The highest BCUT2D eigenvalue weighted by Crippen LogP contribution is 2.42. The second-order valence-electron chi connectivity index (χ2n) is 11.5. The number of nitrogens with zero attached hydrogens (tertiary/aromatic N) is 2. The van der Waals surface area contributed by atoms with Crippen molar-refractivity contribution in [1.29, 1.82) is 0 Å². The Balaban J connectivity index is 1.15. The first-order valence-electron chi connectivity index (χ1n) is 14.2. The fourth-order valence-electron chi connectivity index (χ4n) is 6.41. The predicted octanol–water partition coefficient (Wildman–Crippen LogP) is 6.04. The van der Waals surface area contributed by atoms with Crippen LogP contribution in [0.15, 0.2) is 66.9 Å². The minimum absolute atomic E-state index is 0.0486. The molecule has 3 aromatic rings. The largest absolute Gasteiger partial charge is 0.448 e. The Hall–Kier alpha value is -3.78. The van der Waals surface area contributed by atoms with E-state index in [2.05, 4.69) is 10.3 Å². The van der Waals surface area contributed by atoms with Crippen LogP contribution in [-0.4, -0.2) is 47.2 Å². The van der Waals surface area contributed by atoms with Crippen molar-refractivity contribution in [3.63, 3.8) is 0 Å². The second-order valence-corrected chi connectivity index (χ2v) is 11.5. The Kier molecular flexibility index (Phi) is 7.27. The standard InChI is InChI=1S/C32H35FN4O3/c33-25-18-32(34,19-25)24-10-8-23(9-11-24)28-20-35-29(17-27(28)22-4-2-1-3-5-22)36-30(38)16-21-6-12-26(13-7-21)37-14-15-40-31(37)39/h1-5,8-11,17,20-21,25-26H,6-7,12-16,18-19,34H2,(H,35,36,38)/t21?,25-,26?,32-. The number of carbonyl (C=O) groups is 2. The van der Waals surface area contributed by atoms with Crippen molar-refractivity contribution >= 4 is 17.8 Å². The molecule has 2 amide bonds. The van der Waals surface area contributed by atoms with Crippen molar-refractivity contribution in [2.75, 3.05) is 18.5 Å². The number of benzene rings is 2. The van der Waals surface area contributed by atoms with Crippen LogP contribution in [0.3, 0.4) is 0 Å². The average molecular weight is 543 g/mol. The molecule has 7 nitrogen and oxygen atoms in total. The normalized spacial score (nSPS) is 26.2. The summed E-state index contributed by atoms with van der Waals surface area (Å²) in [6.07, 6.45) is 5.52. The molecule has 3 N–H and O–H groups in total. The van der Waals surface area contributed by atoms with Gasteiger partial charge in [0.05, 0.1) is 6.54 Å². The summed E-state index contributed by atoms with van der Waals surface area (Å²) in [6.45, 7) is 1.13. The number of cyclic esters (lactones) is 1. The van der Waals surface area contributed by atoms with E-state index in [-0.39, 0.29) is 24.0 Å². The van der Waals surface area contributed by atoms with E-state index >= 15 is 0 Å². The fraction of sp³-hybridized carbons (Fsp3) is 0.406. The molecule has 3 fully saturated rings. The van der Waals surface area contributed by atoms with Crippen LogP contribution in [-0.2, 0) is 15.1 Å². The summed E-state index contributed by atoms with van der Waals surface area (Å²) in [6, 6.07) is 20.1. The molecule has 0 atom stereocenters. The van der Waals surface area contributed by atoms with Crippen molar-refractivity contribution in [3.8, 4) is 22.3 Å². The molecule has 2 aliphatic carbocycles. The number of halogens is 1. The number of aromatic nitrogens is 1. The van der Waals surface area contributed by atoms with E-state index in [1.807, 2.05) is 65.6 Å². The number of pyridine rings is 1. The van der Waals surface area contributed by atoms with E-state index in [0.29, 0.717) is 38.2 Å². The van der Waals surface area contributed by atoms with E-state index in [1.165, 1.54) is 0 Å². The zero-order chi connectivity index (χ0) is 27.7. The highest BCUT2D eigenvalue weighted by Gasteiger charge is 2.42. The number of nitrogens with two attached hydrogens (primary N) is 1. The van der Waals surface area contributed by atoms with Crippen LogP contribution < -0.4 is 11.1 Å². The lowest BCUT2D eigenvalue weighted by Gasteiger charge is -2.41. The minimum Gasteiger partial charge on any atom is -0.448 e. The maximum absolute atomic E-state index is 13.5. The maximum atomic E-state index is 13.5. The Morgan fingerprint density at radius 1 is 1.02 bits per heavy atom. The average Bonchev–Trinajstić information content (AvgIpc) is 3.39. The van der Waals surface area contributed by atoms with Crippen molar-refractivity contribution in [1.82, 2.24) is 9.88 Å². The van der Waals surface area contributed by atoms with Crippen LogP contribution in [0.25, 0.3) is 22.3 Å². The Morgan fingerprint density at radius 3 is 2.38 bits per heavy atom. The first-order chi connectivity index (χ1) is 19.4. The lowest BCUT2D eigenvalue weighted by Crippen LogP contribution is -2.50. The molecule has 2 heterocycles. The van der Waals surface area contributed by atoms with E-state index in [4.69, 9.17) is 10.5 Å². The smallest absolute Gasteiger partial charge is 0.410 e. The molecule has 0 spiro atoms. The summed E-state index contributed by atoms with van der Waals surface area (Å²) in [5.41, 5.74) is 10.6. The SMILES string of the molecule is N[C@]1(c2ccc(-c3cnc(NC(=O)CC4CCC(N5CCOC5=O)CC4)cc3-c3ccccc3)cc2)C[C@@H](F)C1. The number of hydrogen-bond acceptors (Lipinski definition) is 5. The van der Waals surface area contributed by atoms with Gasteiger partial charge in [-0.2, -0.15) is 0 Å². The van der Waals surface area contributed by atoms with E-state index in [9.17, 15) is 14.0 Å². The zero-order valence-corrected chi connectivity index (χ0v) is 22.5. The predicted molar refractivity (Wildman–Crippen MR) is 152 cm³/mol. The summed E-state index contributed by atoms with van der Waals surface area (Å²) >= 11 is 0. The highest BCUT2D eigenvalue weighted by molar-refractivity contribution is 5.92. The molecule has 1 saturated heterocycles. The van der Waals surface area contributed by atoms with Crippen LogP contribution in [0.1, 0.15) is 50.5 Å². The third-order valence-corrected chi connectivity index (χ3v) is 8.72. The molecular weight excluding hydrogens is 507 g/mol. The van der Waals surface area contributed by atoms with E-state index in [1.54, 1.807) is 6.20 Å². The van der Waals surface area contributed by atoms with Crippen LogP contribution in [0.4, 0.5) is 15.0 Å². The van der Waals surface area contributed by atoms with Gasteiger partial charge in [-0.15, -0.1) is 0 Å². The third-order valence-electron chi connectivity index (χ3n) is 8.72. The van der Waals surface area contributed by atoms with Gasteiger partial charge in [-0.3, -0.25) is 4.79 Å². The first-order valence-corrected chi connectivity index (χ1v) is 14.2. The fourth-order valence-corrected chi connectivity index (χ4v) is 6.41. The Bertz CT molecular complexity index is 1370. The summed E-state index contributed by atoms with van der Waals surface area (Å²) in [7, 11) is 0. The number of nitrogens with one attached hydrogen (secondary N) is 1. The van der Waals surface area contributed by atoms with Crippen LogP contribution in [0.2, 0.25) is 0 Å². The summed E-state index contributed by atoms with van der Waals surface area (Å²) in [5.74, 6) is 0.755. The number of rotatable bonds is 7. The molecule has 0 radical (unpaired) electrons. The zero-order valence-electron chi connectivity index (χ0n) is 22.5. The van der Waals surface area contributed by atoms with Crippen molar-refractivity contribution < 1.29 is 18.7 Å². The molecule has 1 aromatic heterocycles. The number of ether oxygens (including phenoxy) is 1. The monoisotopic (exact) mass is 542 g/mol. The molecule has 0 bridgehead atoms. The number of hydrogen-bond donors (Lipinski definition) is 2. The Labute approximate surface area is 233 Å². The number of amides is 2. The quantitative estimate of drug-likeness (QED) is 0.379. The van der Waals surface area contributed by atoms with Crippen molar-refractivity contribution in [3.05, 3.63) is 72.4 Å². The number of alkyl halides is 1. The highest BCUT2D eigenvalue weighted by atomic mass is 19.1. The molecule has 6 rings (SSSR count). The molecule has 2 saturated carbocycles. The van der Waals surface area contributed by atoms with Gasteiger partial charge in [0.2, 0.25) is 5.91 Å². The minimum atomic E-state index is -0.827. The van der Waals surface area contributed by atoms with Gasteiger partial charge in [0, 0.05) is 42.6 Å². The molecule has 1 aliphatic heterocycles. The molecule has 208 valence electrons. The van der Waals surface area contributed by atoms with Crippen LogP contribution in [0, 0.1) is 5.92 Å². The molecule has 0 unspecified atom stereocenters. The van der Waals surface area contributed by atoms with Gasteiger partial charge in [-0.1, -0.05) is 54.6 Å². The van der Waals surface area contributed by atoms with Gasteiger partial charge >= 0.3 is 6.09 Å². The maximum Gasteiger partial charge on any atom is 0.410 e. The van der Waals surface area contributed by atoms with Gasteiger partial charge in [-0.05, 0) is 59.9 Å². The third kappa shape index (κ3) is 5.45. The lowest BCUT2D eigenvalue weighted by atomic mass is 9.71. The van der Waals surface area contributed by atoms with Gasteiger partial charge in [-0.25, -0.2) is 14.2 Å². The van der Waals surface area contributed by atoms with Crippen molar-refractivity contribution in [2.24, 2.45) is 11.7 Å². The van der Waals surface area contributed by atoms with E-state index in [0.717, 1.165) is 53.5 Å². The molecular formula is C32H35FN4O3. The topological polar surface area (TPSA) is 97.5 Å². The number of anilines is 1. The van der Waals surface area contributed by atoms with Crippen LogP contribution >= 0.6 is 0 Å². The molecule has 3 aliphatic rings. The van der Waals surface area contributed by atoms with Gasteiger partial charge < -0.3 is 20.7 Å². The van der Waals surface area contributed by atoms with E-state index < -0.39 is 11.7 Å². The lowest BCUT2D eigenvalue weighted by molar-refractivity contribution is -0.117. The Morgan fingerprint density at radius 2 is 1.73 bits per heavy atom. The number of carbonyl (C=O) groups excluding carboxylic acids is 2. The van der Waals surface area contributed by atoms with Gasteiger partial charge in [0.1, 0.15) is 18.6 Å². The summed E-state index contributed by atoms with van der Waals surface area (Å²) in [4.78, 5) is 31.3. The van der Waals surface area contributed by atoms with Gasteiger partial charge in [0.15, 0.2) is 0 Å². The molecule has 8 heteroatoms. The van der Waals surface area contributed by atoms with Crippen LogP contribution in [0.5, 0.6) is 0 Å². The summed E-state index contributed by atoms with van der Waals surface area (Å²) in [5, 5.41) is 3.01. The molecule has 40 heavy (non-hydrogen) atoms. The summed E-state index contributed by atoms with van der Waals surface area (Å²) < 4.78 is 18.6. The van der Waals surface area contributed by atoms with Crippen molar-refractivity contribution in [2.45, 2.75) is 62.7 Å². The second kappa shape index (κ2) is 11.0. The first kappa shape index (κ1) is 26.4. The molecule has 2 aromatic carbocycles.